The van der Waals surface area contributed by atoms with Crippen molar-refractivity contribution in [1.29, 1.82) is 0 Å². The average molecular weight is 944 g/mol. The van der Waals surface area contributed by atoms with E-state index < -0.39 is 24.5 Å². The van der Waals surface area contributed by atoms with E-state index in [-0.39, 0.29) is 25.8 Å². The van der Waals surface area contributed by atoms with Gasteiger partial charge in [-0.1, -0.05) is 137 Å². The van der Waals surface area contributed by atoms with Crippen LogP contribution in [0.5, 0.6) is 0 Å². The van der Waals surface area contributed by atoms with Crippen LogP contribution >= 0.6 is 0 Å². The van der Waals surface area contributed by atoms with Gasteiger partial charge in [-0.2, -0.15) is 0 Å². The number of hydrogen-bond donors (Lipinski definition) is 0. The normalized spacial score (nSPS) is 16.6. The smallest absolute Gasteiger partial charge is 0.121 e. The molecule has 4 aromatic carbocycles. The van der Waals surface area contributed by atoms with Crippen molar-refractivity contribution >= 4 is 21.9 Å². The number of hydrogen-bond acceptors (Lipinski definition) is 4. The van der Waals surface area contributed by atoms with Crippen LogP contribution in [0.25, 0.3) is 66.7 Å². The molecular formula is C53H51IrN3O-2. The van der Waals surface area contributed by atoms with Gasteiger partial charge in [0, 0.05) is 46.1 Å². The second-order valence-electron chi connectivity index (χ2n) is 16.7. The molecule has 0 N–H and O–H groups in total. The van der Waals surface area contributed by atoms with Crippen molar-refractivity contribution in [2.75, 3.05) is 0 Å². The molecule has 8 aromatic rings. The molecule has 0 amide bonds. The molecule has 1 aliphatic rings. The van der Waals surface area contributed by atoms with Crippen molar-refractivity contribution in [2.24, 2.45) is 10.8 Å². The Hall–Kier alpha value is -5.22. The molecule has 0 saturated heterocycles. The molecular weight excluding hydrogens is 887 g/mol. The van der Waals surface area contributed by atoms with Crippen molar-refractivity contribution in [3.05, 3.63) is 163 Å². The first-order valence-corrected chi connectivity index (χ1v) is 19.7. The Morgan fingerprint density at radius 1 is 0.793 bits per heavy atom. The van der Waals surface area contributed by atoms with Gasteiger partial charge in [0.05, 0.1) is 5.58 Å². The van der Waals surface area contributed by atoms with E-state index in [9.17, 15) is 0 Å². The number of furan rings is 1. The van der Waals surface area contributed by atoms with Crippen LogP contribution in [0.15, 0.2) is 138 Å². The summed E-state index contributed by atoms with van der Waals surface area (Å²) in [7, 11) is 0. The molecule has 0 spiro atoms. The van der Waals surface area contributed by atoms with Gasteiger partial charge in [-0.25, -0.2) is 0 Å². The minimum Gasteiger partial charge on any atom is -0.501 e. The van der Waals surface area contributed by atoms with Crippen LogP contribution in [-0.2, 0) is 26.5 Å². The van der Waals surface area contributed by atoms with E-state index in [1.807, 2.05) is 45.2 Å². The molecule has 5 heteroatoms. The number of pyridine rings is 3. The summed E-state index contributed by atoms with van der Waals surface area (Å²) in [4.78, 5) is 12.8. The van der Waals surface area contributed by atoms with Gasteiger partial charge in [0.1, 0.15) is 5.58 Å². The number of aryl methyl sites for hydroxylation is 1. The standard InChI is InChI=1S/C37H32NO.C16H19N2.Ir/c1-37(2)20-17-28(18-21-37)26-11-13-27(14-12-26)30-19-22-38-34(23-30)33-10-6-9-32-31-16-15-29(24-35(31)39-36(32)33)25-7-4-3-5-8-25;1-12-5-7-14(11-17-12)15-8-6-13(10-18-15)9-16(2,3)4;/h3-9,11-16,19,22-24,28H,17-18,20-21H2,1-2H3;5-8,10H,9H2,1-4H3;/q2*-1;/i28D;1D3,9D2;. The molecule has 4 aromatic heterocycles. The Morgan fingerprint density at radius 2 is 1.53 bits per heavy atom. The van der Waals surface area contributed by atoms with Crippen molar-refractivity contribution in [2.45, 2.75) is 79.4 Å². The summed E-state index contributed by atoms with van der Waals surface area (Å²) < 4.78 is 53.9. The van der Waals surface area contributed by atoms with Gasteiger partial charge in [-0.05, 0) is 118 Å². The summed E-state index contributed by atoms with van der Waals surface area (Å²) in [5, 5.41) is 2.16. The van der Waals surface area contributed by atoms with Crippen LogP contribution in [0, 0.1) is 29.9 Å². The number of aromatic nitrogens is 3. The number of benzene rings is 4. The molecule has 4 nitrogen and oxygen atoms in total. The Bertz CT molecular complexity index is 2860. The molecule has 0 atom stereocenters. The first-order valence-electron chi connectivity index (χ1n) is 22.7. The van der Waals surface area contributed by atoms with Gasteiger partial charge in [0.2, 0.25) is 0 Å². The van der Waals surface area contributed by atoms with E-state index in [4.69, 9.17) is 17.6 Å². The quantitative estimate of drug-likeness (QED) is 0.156. The summed E-state index contributed by atoms with van der Waals surface area (Å²) in [6.45, 7) is 7.91. The third-order valence-corrected chi connectivity index (χ3v) is 10.7. The molecule has 1 saturated carbocycles. The fraction of sp³-hybridized carbons (Fsp3) is 0.264. The maximum Gasteiger partial charge on any atom is 0.121 e. The predicted molar refractivity (Wildman–Crippen MR) is 236 cm³/mol. The Balaban J connectivity index is 0.000000219. The van der Waals surface area contributed by atoms with E-state index >= 15 is 0 Å². The molecule has 58 heavy (non-hydrogen) atoms. The number of fused-ring (bicyclic) bond motifs is 3. The molecule has 1 fully saturated rings. The molecule has 4 heterocycles. The van der Waals surface area contributed by atoms with Gasteiger partial charge in [0.25, 0.3) is 0 Å². The minimum absolute atomic E-state index is 0. The van der Waals surface area contributed by atoms with Crippen molar-refractivity contribution in [1.82, 2.24) is 15.0 Å². The van der Waals surface area contributed by atoms with Crippen LogP contribution in [-0.4, -0.2) is 15.0 Å². The molecule has 0 aliphatic heterocycles. The van der Waals surface area contributed by atoms with Crippen LogP contribution in [0.2, 0.25) is 0 Å². The van der Waals surface area contributed by atoms with Crippen molar-refractivity contribution in [3.63, 3.8) is 0 Å². The molecule has 1 radical (unpaired) electrons. The van der Waals surface area contributed by atoms with Crippen molar-refractivity contribution < 1.29 is 32.7 Å². The fourth-order valence-corrected chi connectivity index (χ4v) is 7.46. The largest absolute Gasteiger partial charge is 0.501 e. The molecule has 0 unspecified atom stereocenters. The predicted octanol–water partition coefficient (Wildman–Crippen LogP) is 14.3. The van der Waals surface area contributed by atoms with Crippen LogP contribution in [0.1, 0.15) is 91.2 Å². The molecule has 295 valence electrons. The van der Waals surface area contributed by atoms with E-state index in [0.29, 0.717) is 22.2 Å². The second kappa shape index (κ2) is 17.3. The van der Waals surface area contributed by atoms with E-state index in [2.05, 4.69) is 115 Å². The van der Waals surface area contributed by atoms with Gasteiger partial charge < -0.3 is 19.4 Å². The maximum absolute atomic E-state index is 9.12. The van der Waals surface area contributed by atoms with Crippen LogP contribution < -0.4 is 0 Å². The monoisotopic (exact) mass is 944 g/mol. The van der Waals surface area contributed by atoms with Crippen molar-refractivity contribution in [3.8, 4) is 44.8 Å². The summed E-state index contributed by atoms with van der Waals surface area (Å²) >= 11 is 0. The Morgan fingerprint density at radius 3 is 2.22 bits per heavy atom. The Labute approximate surface area is 366 Å². The van der Waals surface area contributed by atoms with Gasteiger partial charge >= 0.3 is 0 Å². The SMILES string of the molecule is [2H]C([2H])([2H])c1ccc(-c2ccc(C([2H])([2H])C(C)(C)C)cn2)[c-]n1.[2H]C1(c2ccc(-c3ccnc(-c4[c-]ccc5c4oc4cc(-c6ccccc6)ccc45)c3)cc2)CCC(C)(C)CC1.[Ir]. The molecule has 1 aliphatic carbocycles. The Kier molecular flexibility index (Phi) is 10.1. The number of nitrogens with zero attached hydrogens (tertiary/aromatic N) is 3. The first kappa shape index (κ1) is 33.7. The zero-order chi connectivity index (χ0) is 44.8. The summed E-state index contributed by atoms with van der Waals surface area (Å²) in [6, 6.07) is 43.4. The minimum atomic E-state index is -2.25. The van der Waals surface area contributed by atoms with Gasteiger partial charge in [-0.3, -0.25) is 0 Å². The summed E-state index contributed by atoms with van der Waals surface area (Å²) in [5.41, 5.74) is 10.4. The third-order valence-electron chi connectivity index (χ3n) is 10.7. The third kappa shape index (κ3) is 9.55. The second-order valence-corrected chi connectivity index (χ2v) is 16.7. The summed E-state index contributed by atoms with van der Waals surface area (Å²) in [5.74, 6) is -0.482. The van der Waals surface area contributed by atoms with Gasteiger partial charge in [0.15, 0.2) is 0 Å². The molecule has 0 bridgehead atoms. The van der Waals surface area contributed by atoms with Gasteiger partial charge in [-0.15, -0.1) is 35.9 Å². The fourth-order valence-electron chi connectivity index (χ4n) is 7.46. The zero-order valence-corrected chi connectivity index (χ0v) is 36.0. The maximum atomic E-state index is 9.12. The van der Waals surface area contributed by atoms with Crippen LogP contribution in [0.4, 0.5) is 0 Å². The topological polar surface area (TPSA) is 51.8 Å². The zero-order valence-electron chi connectivity index (χ0n) is 39.6. The molecule has 9 rings (SSSR count). The van der Waals surface area contributed by atoms with E-state index in [1.165, 1.54) is 17.8 Å². The van der Waals surface area contributed by atoms with E-state index in [1.54, 1.807) is 18.2 Å². The number of rotatable bonds is 6. The van der Waals surface area contributed by atoms with Crippen LogP contribution in [0.3, 0.4) is 0 Å². The first-order chi connectivity index (χ1) is 29.8. The average Bonchev–Trinajstić information content (AvgIpc) is 3.66. The summed E-state index contributed by atoms with van der Waals surface area (Å²) in [6.07, 6.45) is 8.58. The van der Waals surface area contributed by atoms with E-state index in [0.717, 1.165) is 81.1 Å².